The zero-order chi connectivity index (χ0) is 16.2. The summed E-state index contributed by atoms with van der Waals surface area (Å²) >= 11 is 0. The van der Waals surface area contributed by atoms with E-state index in [0.717, 1.165) is 5.56 Å². The van der Waals surface area contributed by atoms with Gasteiger partial charge in [0, 0.05) is 0 Å². The molecule has 0 radical (unpaired) electrons. The van der Waals surface area contributed by atoms with Crippen molar-refractivity contribution in [2.24, 2.45) is 0 Å². The van der Waals surface area contributed by atoms with Crippen molar-refractivity contribution in [3.8, 4) is 0 Å². The molecule has 1 aromatic carbocycles. The summed E-state index contributed by atoms with van der Waals surface area (Å²) in [6.07, 6.45) is -0.910. The van der Waals surface area contributed by atoms with Gasteiger partial charge in [-0.25, -0.2) is 4.79 Å². The summed E-state index contributed by atoms with van der Waals surface area (Å²) in [7, 11) is 0. The molecule has 0 unspecified atom stereocenters. The number of hydrogen-bond donors (Lipinski definition) is 2. The molecule has 2 atom stereocenters. The second-order valence-corrected chi connectivity index (χ2v) is 4.88. The maximum Gasteiger partial charge on any atom is 0.528 e. The van der Waals surface area contributed by atoms with Crippen molar-refractivity contribution in [1.82, 2.24) is 26.1 Å². The number of ether oxygens (including phenoxy) is 1. The van der Waals surface area contributed by atoms with Crippen LogP contribution in [0.15, 0.2) is 30.3 Å². The molecule has 1 fully saturated rings. The van der Waals surface area contributed by atoms with Gasteiger partial charge in [-0.3, -0.25) is 9.69 Å². The Morgan fingerprint density at radius 3 is 2.83 bits per heavy atom. The number of rotatable bonds is 5. The second kappa shape index (κ2) is 6.40. The molecule has 2 N–H and O–H groups in total. The molecule has 0 spiro atoms. The largest absolute Gasteiger partial charge is 0.528 e. The van der Waals surface area contributed by atoms with Crippen LogP contribution in [0.25, 0.3) is 0 Å². The number of H-pyrrole nitrogens is 1. The Kier molecular flexibility index (Phi) is 4.15. The summed E-state index contributed by atoms with van der Waals surface area (Å²) in [5.74, 6) is -0.151. The molecule has 3 rings (SSSR count). The van der Waals surface area contributed by atoms with Gasteiger partial charge in [0.1, 0.15) is 12.6 Å². The van der Waals surface area contributed by atoms with Crippen LogP contribution < -0.4 is 10.4 Å². The van der Waals surface area contributed by atoms with Gasteiger partial charge >= 0.3 is 6.16 Å². The third kappa shape index (κ3) is 3.11. The minimum absolute atomic E-state index is 0.0878. The van der Waals surface area contributed by atoms with E-state index in [1.807, 2.05) is 30.3 Å². The minimum atomic E-state index is -0.910. The van der Waals surface area contributed by atoms with E-state index in [0.29, 0.717) is 0 Å². The first kappa shape index (κ1) is 14.9. The fourth-order valence-electron chi connectivity index (χ4n) is 2.17. The molecule has 0 saturated carbocycles. The van der Waals surface area contributed by atoms with Crippen molar-refractivity contribution in [2.75, 3.05) is 4.90 Å². The summed E-state index contributed by atoms with van der Waals surface area (Å²) in [5, 5.41) is 13.1. The topological polar surface area (TPSA) is 122 Å². The first-order valence-electron chi connectivity index (χ1n) is 6.86. The van der Waals surface area contributed by atoms with E-state index in [1.165, 1.54) is 4.90 Å². The molecule has 120 valence electrons. The Morgan fingerprint density at radius 1 is 1.39 bits per heavy atom. The molecule has 1 aromatic heterocycles. The van der Waals surface area contributed by atoms with E-state index in [9.17, 15) is 9.59 Å². The van der Waals surface area contributed by atoms with Gasteiger partial charge in [0.05, 0.1) is 6.04 Å². The highest BCUT2D eigenvalue weighted by atomic mass is 16.8. The Balaban J connectivity index is 1.44. The quantitative estimate of drug-likeness (QED) is 0.454. The van der Waals surface area contributed by atoms with Gasteiger partial charge in [-0.1, -0.05) is 35.4 Å². The number of carbonyl (C=O) groups is 2. The zero-order valence-corrected chi connectivity index (χ0v) is 12.2. The van der Waals surface area contributed by atoms with Gasteiger partial charge in [-0.15, -0.1) is 10.6 Å². The van der Waals surface area contributed by atoms with Gasteiger partial charge in [0.25, 0.3) is 11.9 Å². The maximum absolute atomic E-state index is 12.0. The van der Waals surface area contributed by atoms with Crippen molar-refractivity contribution in [3.05, 3.63) is 35.9 Å². The lowest BCUT2D eigenvalue weighted by molar-refractivity contribution is -0.131. The normalized spacial score (nSPS) is 20.0. The van der Waals surface area contributed by atoms with Gasteiger partial charge < -0.3 is 9.57 Å². The molecule has 10 nitrogen and oxygen atoms in total. The number of β-lactam (4-membered cyclic amide) rings is 1. The number of nitrogens with one attached hydrogen (secondary N) is 2. The third-order valence-electron chi connectivity index (χ3n) is 3.41. The monoisotopic (exact) mass is 318 g/mol. The maximum atomic E-state index is 12.0. The van der Waals surface area contributed by atoms with Crippen LogP contribution >= 0.6 is 0 Å². The van der Waals surface area contributed by atoms with Crippen molar-refractivity contribution < 1.29 is 19.2 Å². The number of amides is 1. The molecule has 10 heteroatoms. The lowest BCUT2D eigenvalue weighted by atomic mass is 9.98. The van der Waals surface area contributed by atoms with Gasteiger partial charge in [0.2, 0.25) is 0 Å². The van der Waals surface area contributed by atoms with Gasteiger partial charge in [-0.05, 0) is 17.7 Å². The Bertz CT molecular complexity index is 677. The number of hydroxylamine groups is 1. The minimum Gasteiger partial charge on any atom is -0.428 e. The average Bonchev–Trinajstić information content (AvgIpc) is 3.08. The summed E-state index contributed by atoms with van der Waals surface area (Å²) < 4.78 is 4.93. The highest BCUT2D eigenvalue weighted by Gasteiger charge is 2.48. The fourth-order valence-corrected chi connectivity index (χ4v) is 2.17. The number of anilines is 1. The molecular weight excluding hydrogens is 304 g/mol. The summed E-state index contributed by atoms with van der Waals surface area (Å²) in [6, 6.07) is 8.21. The van der Waals surface area contributed by atoms with Crippen LogP contribution in [0.4, 0.5) is 10.7 Å². The van der Waals surface area contributed by atoms with Crippen LogP contribution in [0.5, 0.6) is 0 Å². The lowest BCUT2D eigenvalue weighted by Crippen LogP contribution is -2.69. The molecule has 0 aliphatic carbocycles. The fraction of sp³-hybridized carbons (Fsp3) is 0.308. The predicted molar refractivity (Wildman–Crippen MR) is 75.8 cm³/mol. The van der Waals surface area contributed by atoms with E-state index in [2.05, 4.69) is 26.1 Å². The van der Waals surface area contributed by atoms with Crippen LogP contribution in [-0.2, 0) is 21.0 Å². The molecule has 23 heavy (non-hydrogen) atoms. The van der Waals surface area contributed by atoms with Crippen LogP contribution in [0.1, 0.15) is 12.5 Å². The standard InChI is InChI=1S/C13H14N6O4/c1-8-10(11(20)19(8)12-14-17-18-15-12)16-23-13(21)22-7-9-5-3-2-4-6-9/h2-6,8,10,16H,7H2,1H3,(H,14,15,17,18)/t8-,10+/m1/s1. The second-order valence-electron chi connectivity index (χ2n) is 4.88. The highest BCUT2D eigenvalue weighted by Crippen LogP contribution is 2.23. The average molecular weight is 318 g/mol. The molecule has 1 amide bonds. The van der Waals surface area contributed by atoms with E-state index >= 15 is 0 Å². The van der Waals surface area contributed by atoms with Crippen molar-refractivity contribution in [1.29, 1.82) is 0 Å². The highest BCUT2D eigenvalue weighted by molar-refractivity contribution is 6.03. The molecule has 2 heterocycles. The Morgan fingerprint density at radius 2 is 2.17 bits per heavy atom. The molecular formula is C13H14N6O4. The molecule has 1 aliphatic heterocycles. The number of tetrazole rings is 1. The van der Waals surface area contributed by atoms with Gasteiger partial charge in [-0.2, -0.15) is 5.21 Å². The number of carbonyl (C=O) groups excluding carboxylic acids is 2. The number of aromatic amines is 1. The number of hydrogen-bond acceptors (Lipinski definition) is 8. The number of aromatic nitrogens is 4. The predicted octanol–water partition coefficient (Wildman–Crippen LogP) is 0.161. The van der Waals surface area contributed by atoms with Crippen LogP contribution in [0.2, 0.25) is 0 Å². The smallest absolute Gasteiger partial charge is 0.428 e. The lowest BCUT2D eigenvalue weighted by Gasteiger charge is -2.41. The first-order valence-corrected chi connectivity index (χ1v) is 6.86. The van der Waals surface area contributed by atoms with Crippen molar-refractivity contribution in [2.45, 2.75) is 25.6 Å². The molecule has 1 aliphatic rings. The number of nitrogens with zero attached hydrogens (tertiary/aromatic N) is 4. The van der Waals surface area contributed by atoms with Gasteiger partial charge in [0.15, 0.2) is 0 Å². The summed E-state index contributed by atoms with van der Waals surface area (Å²) in [4.78, 5) is 29.6. The third-order valence-corrected chi connectivity index (χ3v) is 3.41. The van der Waals surface area contributed by atoms with E-state index < -0.39 is 12.2 Å². The summed E-state index contributed by atoms with van der Waals surface area (Å²) in [6.45, 7) is 1.85. The van der Waals surface area contributed by atoms with Crippen LogP contribution in [0.3, 0.4) is 0 Å². The Hall–Kier alpha value is -3.01. The Labute approximate surface area is 130 Å². The van der Waals surface area contributed by atoms with Crippen LogP contribution in [-0.4, -0.2) is 44.8 Å². The zero-order valence-electron chi connectivity index (χ0n) is 12.2. The van der Waals surface area contributed by atoms with E-state index in [-0.39, 0.29) is 24.5 Å². The SMILES string of the molecule is C[C@@H]1[C@H](NOC(=O)OCc2ccccc2)C(=O)N1c1nn[nH]n1. The first-order chi connectivity index (χ1) is 11.2. The summed E-state index contributed by atoms with van der Waals surface area (Å²) in [5.41, 5.74) is 3.23. The molecule has 1 saturated heterocycles. The van der Waals surface area contributed by atoms with E-state index in [4.69, 9.17) is 9.57 Å². The molecule has 0 bridgehead atoms. The van der Waals surface area contributed by atoms with Crippen molar-refractivity contribution >= 4 is 18.0 Å². The van der Waals surface area contributed by atoms with Crippen LogP contribution in [0, 0.1) is 0 Å². The van der Waals surface area contributed by atoms with Crippen molar-refractivity contribution in [3.63, 3.8) is 0 Å². The number of benzene rings is 1. The van der Waals surface area contributed by atoms with E-state index in [1.54, 1.807) is 6.92 Å². The molecule has 2 aromatic rings.